The number of carbonyl (C=O) groups excluding carboxylic acids is 1. The molecular weight excluding hydrogens is 371 g/mol. The van der Waals surface area contributed by atoms with E-state index in [1.165, 1.54) is 37.3 Å². The van der Waals surface area contributed by atoms with Gasteiger partial charge in [-0.2, -0.15) is 13.2 Å². The molecule has 0 aliphatic carbocycles. The maximum Gasteiger partial charge on any atom is 0.416 e. The standard InChI is InChI=1S/C18H13ClF3NO3/c1-10(8-11-4-2-3-5-14(11)18(20,21)22)16(24)23-15-7-6-12(19)9-13(15)17(25)26/h2-9H,1H3,(H,23,24)(H,25,26). The Labute approximate surface area is 151 Å². The second kappa shape index (κ2) is 7.61. The van der Waals surface area contributed by atoms with Crippen molar-refractivity contribution in [1.82, 2.24) is 0 Å². The zero-order valence-corrected chi connectivity index (χ0v) is 14.2. The average Bonchev–Trinajstić information content (AvgIpc) is 2.55. The summed E-state index contributed by atoms with van der Waals surface area (Å²) in [5.41, 5.74) is -1.29. The number of nitrogens with one attached hydrogen (secondary N) is 1. The van der Waals surface area contributed by atoms with Crippen molar-refractivity contribution in [3.05, 3.63) is 69.8 Å². The van der Waals surface area contributed by atoms with Crippen molar-refractivity contribution < 1.29 is 27.9 Å². The molecule has 0 unspecified atom stereocenters. The van der Waals surface area contributed by atoms with E-state index in [2.05, 4.69) is 5.32 Å². The molecule has 2 aromatic carbocycles. The van der Waals surface area contributed by atoms with Crippen molar-refractivity contribution >= 4 is 35.2 Å². The van der Waals surface area contributed by atoms with Gasteiger partial charge >= 0.3 is 12.1 Å². The monoisotopic (exact) mass is 383 g/mol. The third-order valence-electron chi connectivity index (χ3n) is 3.46. The number of hydrogen-bond donors (Lipinski definition) is 2. The number of benzene rings is 2. The molecule has 0 saturated carbocycles. The second-order valence-electron chi connectivity index (χ2n) is 5.36. The minimum Gasteiger partial charge on any atom is -0.478 e. The summed E-state index contributed by atoms with van der Waals surface area (Å²) in [6, 6.07) is 8.69. The number of halogens is 4. The zero-order valence-electron chi connectivity index (χ0n) is 13.4. The highest BCUT2D eigenvalue weighted by Gasteiger charge is 2.32. The second-order valence-corrected chi connectivity index (χ2v) is 5.80. The number of alkyl halides is 3. The molecule has 0 aromatic heterocycles. The number of hydrogen-bond acceptors (Lipinski definition) is 2. The number of carboxylic acid groups (broad SMARTS) is 1. The molecular formula is C18H13ClF3NO3. The van der Waals surface area contributed by atoms with E-state index >= 15 is 0 Å². The van der Waals surface area contributed by atoms with Crippen LogP contribution in [0.25, 0.3) is 6.08 Å². The molecule has 2 N–H and O–H groups in total. The Hall–Kier alpha value is -2.80. The summed E-state index contributed by atoms with van der Waals surface area (Å²) in [5, 5.41) is 11.7. The van der Waals surface area contributed by atoms with Crippen molar-refractivity contribution in [2.45, 2.75) is 13.1 Å². The maximum atomic E-state index is 13.0. The van der Waals surface area contributed by atoms with E-state index in [1.807, 2.05) is 0 Å². The average molecular weight is 384 g/mol. The van der Waals surface area contributed by atoms with Gasteiger partial charge in [-0.05, 0) is 42.8 Å². The van der Waals surface area contributed by atoms with Gasteiger partial charge in [0.15, 0.2) is 0 Å². The van der Waals surface area contributed by atoms with E-state index in [1.54, 1.807) is 0 Å². The van der Waals surface area contributed by atoms with Crippen molar-refractivity contribution in [1.29, 1.82) is 0 Å². The van der Waals surface area contributed by atoms with Crippen molar-refractivity contribution in [3.63, 3.8) is 0 Å². The van der Waals surface area contributed by atoms with E-state index < -0.39 is 23.6 Å². The molecule has 0 heterocycles. The van der Waals surface area contributed by atoms with E-state index in [0.29, 0.717) is 0 Å². The van der Waals surface area contributed by atoms with Crippen LogP contribution < -0.4 is 5.32 Å². The summed E-state index contributed by atoms with van der Waals surface area (Å²) in [6.45, 7) is 1.33. The Morgan fingerprint density at radius 3 is 2.42 bits per heavy atom. The van der Waals surface area contributed by atoms with Crippen LogP contribution >= 0.6 is 11.6 Å². The van der Waals surface area contributed by atoms with Gasteiger partial charge in [0.1, 0.15) is 0 Å². The molecule has 2 aromatic rings. The van der Waals surface area contributed by atoms with Crippen molar-refractivity contribution in [2.24, 2.45) is 0 Å². The van der Waals surface area contributed by atoms with Gasteiger partial charge in [0.05, 0.1) is 16.8 Å². The lowest BCUT2D eigenvalue weighted by atomic mass is 10.0. The molecule has 0 radical (unpaired) electrons. The van der Waals surface area contributed by atoms with Gasteiger partial charge in [-0.25, -0.2) is 4.79 Å². The molecule has 0 saturated heterocycles. The van der Waals surface area contributed by atoms with E-state index in [4.69, 9.17) is 16.7 Å². The number of amides is 1. The first-order chi connectivity index (χ1) is 12.1. The largest absolute Gasteiger partial charge is 0.478 e. The van der Waals surface area contributed by atoms with Crippen LogP contribution in [0.4, 0.5) is 18.9 Å². The smallest absolute Gasteiger partial charge is 0.416 e. The van der Waals surface area contributed by atoms with Gasteiger partial charge in [0, 0.05) is 10.6 Å². The summed E-state index contributed by atoms with van der Waals surface area (Å²) in [6.07, 6.45) is -3.47. The van der Waals surface area contributed by atoms with Gasteiger partial charge in [0.25, 0.3) is 5.91 Å². The van der Waals surface area contributed by atoms with Crippen LogP contribution in [-0.2, 0) is 11.0 Å². The minimum absolute atomic E-state index is 0.0104. The quantitative estimate of drug-likeness (QED) is 0.722. The molecule has 136 valence electrons. The van der Waals surface area contributed by atoms with Crippen LogP contribution in [0, 0.1) is 0 Å². The number of anilines is 1. The van der Waals surface area contributed by atoms with Crippen LogP contribution in [0.15, 0.2) is 48.0 Å². The maximum absolute atomic E-state index is 13.0. The molecule has 0 aliphatic rings. The summed E-state index contributed by atoms with van der Waals surface area (Å²) in [7, 11) is 0. The number of carboxylic acids is 1. The van der Waals surface area contributed by atoms with Crippen LogP contribution in [0.2, 0.25) is 5.02 Å². The molecule has 26 heavy (non-hydrogen) atoms. The van der Waals surface area contributed by atoms with Gasteiger partial charge < -0.3 is 10.4 Å². The third kappa shape index (κ3) is 4.64. The predicted molar refractivity (Wildman–Crippen MR) is 92.1 cm³/mol. The first-order valence-electron chi connectivity index (χ1n) is 7.28. The van der Waals surface area contributed by atoms with Gasteiger partial charge in [-0.15, -0.1) is 0 Å². The number of carbonyl (C=O) groups is 2. The topological polar surface area (TPSA) is 66.4 Å². The lowest BCUT2D eigenvalue weighted by Gasteiger charge is -2.12. The molecule has 1 amide bonds. The Morgan fingerprint density at radius 2 is 1.81 bits per heavy atom. The molecule has 0 spiro atoms. The van der Waals surface area contributed by atoms with Gasteiger partial charge in [0.2, 0.25) is 0 Å². The minimum atomic E-state index is -4.56. The summed E-state index contributed by atoms with van der Waals surface area (Å²) in [4.78, 5) is 23.5. The molecule has 8 heteroatoms. The van der Waals surface area contributed by atoms with Crippen LogP contribution in [0.5, 0.6) is 0 Å². The molecule has 0 fully saturated rings. The van der Waals surface area contributed by atoms with Crippen LogP contribution in [-0.4, -0.2) is 17.0 Å². The SMILES string of the molecule is CC(=Cc1ccccc1C(F)(F)F)C(=O)Nc1ccc(Cl)cc1C(=O)O. The van der Waals surface area contributed by atoms with Crippen LogP contribution in [0.3, 0.4) is 0 Å². The Balaban J connectivity index is 2.32. The highest BCUT2D eigenvalue weighted by atomic mass is 35.5. The van der Waals surface area contributed by atoms with E-state index in [0.717, 1.165) is 18.2 Å². The van der Waals surface area contributed by atoms with Gasteiger partial charge in [-0.3, -0.25) is 4.79 Å². The fourth-order valence-corrected chi connectivity index (χ4v) is 2.38. The summed E-state index contributed by atoms with van der Waals surface area (Å²) >= 11 is 5.73. The molecule has 0 aliphatic heterocycles. The molecule has 2 rings (SSSR count). The Kier molecular flexibility index (Phi) is 5.72. The van der Waals surface area contributed by atoms with Crippen molar-refractivity contribution in [2.75, 3.05) is 5.32 Å². The lowest BCUT2D eigenvalue weighted by molar-refractivity contribution is -0.137. The number of rotatable bonds is 4. The fourth-order valence-electron chi connectivity index (χ4n) is 2.20. The summed E-state index contributed by atoms with van der Waals surface area (Å²) < 4.78 is 39.1. The highest BCUT2D eigenvalue weighted by Crippen LogP contribution is 2.33. The number of aromatic carboxylic acids is 1. The van der Waals surface area contributed by atoms with Gasteiger partial charge in [-0.1, -0.05) is 29.8 Å². The molecule has 0 atom stereocenters. The normalized spacial score (nSPS) is 12.0. The highest BCUT2D eigenvalue weighted by molar-refractivity contribution is 6.31. The third-order valence-corrected chi connectivity index (χ3v) is 3.69. The Morgan fingerprint density at radius 1 is 1.15 bits per heavy atom. The summed E-state index contributed by atoms with van der Waals surface area (Å²) in [5.74, 6) is -2.03. The van der Waals surface area contributed by atoms with E-state index in [-0.39, 0.29) is 27.4 Å². The van der Waals surface area contributed by atoms with Crippen LogP contribution in [0.1, 0.15) is 28.4 Å². The van der Waals surface area contributed by atoms with E-state index in [9.17, 15) is 22.8 Å². The molecule has 4 nitrogen and oxygen atoms in total. The Bertz CT molecular complexity index is 891. The molecule has 0 bridgehead atoms. The lowest BCUT2D eigenvalue weighted by Crippen LogP contribution is -2.16. The first-order valence-corrected chi connectivity index (χ1v) is 7.66. The first kappa shape index (κ1) is 19.5. The zero-order chi connectivity index (χ0) is 19.5. The predicted octanol–water partition coefficient (Wildman–Crippen LogP) is 5.10. The fraction of sp³-hybridized carbons (Fsp3) is 0.111. The van der Waals surface area contributed by atoms with Crippen molar-refractivity contribution in [3.8, 4) is 0 Å².